The first kappa shape index (κ1) is 24.0. The fraction of sp³-hybridized carbons (Fsp3) is 0.304. The highest BCUT2D eigenvalue weighted by molar-refractivity contribution is 7.10. The summed E-state index contributed by atoms with van der Waals surface area (Å²) in [5.41, 5.74) is 1.86. The monoisotopic (exact) mass is 468 g/mol. The third kappa shape index (κ3) is 6.91. The summed E-state index contributed by atoms with van der Waals surface area (Å²) in [6, 6.07) is 7.75. The molecule has 3 rings (SSSR count). The van der Waals surface area contributed by atoms with Gasteiger partial charge in [0.05, 0.1) is 29.4 Å². The zero-order valence-corrected chi connectivity index (χ0v) is 18.6. The number of aromatic nitrogens is 2. The van der Waals surface area contributed by atoms with Crippen LogP contribution in [0.25, 0.3) is 11.0 Å². The number of carboxylic acid groups (broad SMARTS) is 1. The molecule has 3 aromatic rings. The van der Waals surface area contributed by atoms with Crippen molar-refractivity contribution in [2.75, 3.05) is 6.54 Å². The van der Waals surface area contributed by atoms with Gasteiger partial charge in [-0.3, -0.25) is 24.4 Å². The summed E-state index contributed by atoms with van der Waals surface area (Å²) in [7, 11) is 0. The summed E-state index contributed by atoms with van der Waals surface area (Å²) < 4.78 is 0. The number of unbranched alkanes of at least 4 members (excludes halogenated alkanes) is 1. The van der Waals surface area contributed by atoms with Gasteiger partial charge in [-0.05, 0) is 42.5 Å². The van der Waals surface area contributed by atoms with Crippen molar-refractivity contribution in [2.45, 2.75) is 37.6 Å². The first-order valence-corrected chi connectivity index (χ1v) is 11.4. The van der Waals surface area contributed by atoms with Crippen LogP contribution in [0, 0.1) is 0 Å². The first-order chi connectivity index (χ1) is 16.0. The maximum atomic E-state index is 12.7. The molecule has 0 saturated heterocycles. The van der Waals surface area contributed by atoms with E-state index in [0.29, 0.717) is 48.7 Å². The molecule has 33 heavy (non-hydrogen) atoms. The van der Waals surface area contributed by atoms with Crippen molar-refractivity contribution in [1.29, 1.82) is 0 Å². The number of carboxylic acids is 1. The smallest absolute Gasteiger partial charge is 0.305 e. The molecule has 0 aliphatic heterocycles. The van der Waals surface area contributed by atoms with E-state index in [4.69, 9.17) is 5.11 Å². The predicted octanol–water partition coefficient (Wildman–Crippen LogP) is 2.53. The molecule has 3 N–H and O–H groups in total. The molecule has 9 nitrogen and oxygen atoms in total. The maximum Gasteiger partial charge on any atom is 0.305 e. The molecule has 0 fully saturated rings. The van der Waals surface area contributed by atoms with Gasteiger partial charge in [0.1, 0.15) is 6.29 Å². The highest BCUT2D eigenvalue weighted by Gasteiger charge is 2.24. The number of aliphatic carboxylic acids is 1. The van der Waals surface area contributed by atoms with Crippen molar-refractivity contribution in [1.82, 2.24) is 20.6 Å². The molecule has 0 radical (unpaired) electrons. The predicted molar refractivity (Wildman–Crippen MR) is 123 cm³/mol. The molecule has 2 heterocycles. The number of fused-ring (bicyclic) bond motifs is 1. The van der Waals surface area contributed by atoms with Crippen LogP contribution >= 0.6 is 11.3 Å². The second kappa shape index (κ2) is 11.8. The van der Waals surface area contributed by atoms with Crippen LogP contribution in [0.4, 0.5) is 0 Å². The van der Waals surface area contributed by atoms with E-state index in [1.165, 1.54) is 11.3 Å². The molecular weight excluding hydrogens is 444 g/mol. The van der Waals surface area contributed by atoms with Crippen molar-refractivity contribution in [3.05, 3.63) is 58.5 Å². The maximum absolute atomic E-state index is 12.7. The van der Waals surface area contributed by atoms with Gasteiger partial charge >= 0.3 is 5.97 Å². The molecule has 0 bridgehead atoms. The molecule has 0 spiro atoms. The zero-order valence-electron chi connectivity index (χ0n) is 17.8. The van der Waals surface area contributed by atoms with Crippen LogP contribution in [0.1, 0.15) is 46.8 Å². The minimum Gasteiger partial charge on any atom is -0.481 e. The van der Waals surface area contributed by atoms with E-state index >= 15 is 0 Å². The van der Waals surface area contributed by atoms with Gasteiger partial charge < -0.3 is 20.5 Å². The van der Waals surface area contributed by atoms with Gasteiger partial charge in [0.25, 0.3) is 5.91 Å². The van der Waals surface area contributed by atoms with Crippen LogP contribution in [-0.2, 0) is 14.4 Å². The number of nitrogens with zero attached hydrogens (tertiary/aromatic N) is 2. The van der Waals surface area contributed by atoms with Gasteiger partial charge in [-0.25, -0.2) is 0 Å². The zero-order chi connectivity index (χ0) is 23.6. The highest BCUT2D eigenvalue weighted by atomic mass is 32.1. The Balaban J connectivity index is 1.50. The van der Waals surface area contributed by atoms with Gasteiger partial charge in [-0.15, -0.1) is 11.3 Å². The molecule has 0 aliphatic rings. The van der Waals surface area contributed by atoms with E-state index < -0.39 is 24.3 Å². The summed E-state index contributed by atoms with van der Waals surface area (Å²) in [6.07, 6.45) is 4.96. The quantitative estimate of drug-likeness (QED) is 0.274. The lowest BCUT2D eigenvalue weighted by Crippen LogP contribution is -2.40. The third-order valence-corrected chi connectivity index (χ3v) is 6.01. The van der Waals surface area contributed by atoms with Crippen LogP contribution in [0.3, 0.4) is 0 Å². The normalized spacial score (nSPS) is 12.6. The van der Waals surface area contributed by atoms with E-state index in [-0.39, 0.29) is 11.8 Å². The summed E-state index contributed by atoms with van der Waals surface area (Å²) >= 11 is 1.43. The third-order valence-electron chi connectivity index (χ3n) is 5.03. The molecule has 0 aliphatic carbocycles. The summed E-state index contributed by atoms with van der Waals surface area (Å²) in [4.78, 5) is 56.3. The molecule has 2 unspecified atom stereocenters. The second-order valence-electron chi connectivity index (χ2n) is 7.43. The number of hydrogen-bond donors (Lipinski definition) is 3. The standard InChI is InChI=1S/C23H24N4O5S/c28-14-16(13-21(29)30)27-23(32)17(20-5-3-11-33-20)4-1-2-8-26-22(31)15-6-7-18-19(12-15)25-10-9-24-18/h3,5-7,9-12,14,16-17H,1-2,4,8,13H2,(H,26,31)(H,27,32)(H,29,30). The highest BCUT2D eigenvalue weighted by Crippen LogP contribution is 2.26. The molecule has 2 aromatic heterocycles. The summed E-state index contributed by atoms with van der Waals surface area (Å²) in [5.74, 6) is -2.24. The lowest BCUT2D eigenvalue weighted by atomic mass is 9.98. The topological polar surface area (TPSA) is 138 Å². The Labute approximate surface area is 194 Å². The van der Waals surface area contributed by atoms with Crippen LogP contribution in [-0.4, -0.2) is 51.7 Å². The Morgan fingerprint density at radius 3 is 2.58 bits per heavy atom. The van der Waals surface area contributed by atoms with Gasteiger partial charge in [-0.1, -0.05) is 12.5 Å². The number of thiophene rings is 1. The lowest BCUT2D eigenvalue weighted by molar-refractivity contribution is -0.138. The molecule has 172 valence electrons. The molecule has 1 aromatic carbocycles. The van der Waals surface area contributed by atoms with Gasteiger partial charge in [0.15, 0.2) is 0 Å². The van der Waals surface area contributed by atoms with Crippen molar-refractivity contribution in [3.63, 3.8) is 0 Å². The number of amides is 2. The van der Waals surface area contributed by atoms with Crippen molar-refractivity contribution in [3.8, 4) is 0 Å². The van der Waals surface area contributed by atoms with E-state index in [2.05, 4.69) is 20.6 Å². The van der Waals surface area contributed by atoms with Crippen LogP contribution < -0.4 is 10.6 Å². The van der Waals surface area contributed by atoms with E-state index in [9.17, 15) is 19.2 Å². The number of carbonyl (C=O) groups excluding carboxylic acids is 3. The number of benzene rings is 1. The Morgan fingerprint density at radius 1 is 1.09 bits per heavy atom. The summed E-state index contributed by atoms with van der Waals surface area (Å²) in [5, 5.41) is 16.1. The fourth-order valence-electron chi connectivity index (χ4n) is 3.38. The molecular formula is C23H24N4O5S. The second-order valence-corrected chi connectivity index (χ2v) is 8.41. The minimum atomic E-state index is -1.16. The molecule has 2 amide bonds. The van der Waals surface area contributed by atoms with Crippen LogP contribution in [0.15, 0.2) is 48.1 Å². The average Bonchev–Trinajstić information content (AvgIpc) is 3.34. The SMILES string of the molecule is O=CC(CC(=O)O)NC(=O)C(CCCCNC(=O)c1ccc2nccnc2c1)c1cccs1. The largest absolute Gasteiger partial charge is 0.481 e. The molecule has 10 heteroatoms. The van der Waals surface area contributed by atoms with Gasteiger partial charge in [0.2, 0.25) is 5.91 Å². The van der Waals surface area contributed by atoms with E-state index in [0.717, 1.165) is 4.88 Å². The van der Waals surface area contributed by atoms with Gasteiger partial charge in [-0.2, -0.15) is 0 Å². The lowest BCUT2D eigenvalue weighted by Gasteiger charge is -2.18. The Kier molecular flexibility index (Phi) is 8.59. The van der Waals surface area contributed by atoms with Crippen molar-refractivity contribution < 1.29 is 24.3 Å². The molecule has 2 atom stereocenters. The van der Waals surface area contributed by atoms with Crippen LogP contribution in [0.5, 0.6) is 0 Å². The Morgan fingerprint density at radius 2 is 1.88 bits per heavy atom. The minimum absolute atomic E-state index is 0.211. The van der Waals surface area contributed by atoms with E-state index in [1.807, 2.05) is 17.5 Å². The number of carbonyl (C=O) groups is 4. The Bertz CT molecular complexity index is 1120. The average molecular weight is 469 g/mol. The van der Waals surface area contributed by atoms with Crippen molar-refractivity contribution in [2.24, 2.45) is 0 Å². The fourth-order valence-corrected chi connectivity index (χ4v) is 4.24. The van der Waals surface area contributed by atoms with Gasteiger partial charge in [0, 0.05) is 29.4 Å². The number of rotatable bonds is 12. The number of aldehydes is 1. The number of hydrogen-bond acceptors (Lipinski definition) is 7. The Hall–Kier alpha value is -3.66. The van der Waals surface area contributed by atoms with Crippen LogP contribution in [0.2, 0.25) is 0 Å². The summed E-state index contributed by atoms with van der Waals surface area (Å²) in [6.45, 7) is 0.437. The number of nitrogens with one attached hydrogen (secondary N) is 2. The van der Waals surface area contributed by atoms with Crippen molar-refractivity contribution >= 4 is 46.4 Å². The molecule has 0 saturated carbocycles. The van der Waals surface area contributed by atoms with E-state index in [1.54, 1.807) is 30.6 Å². The first-order valence-electron chi connectivity index (χ1n) is 10.5.